The highest BCUT2D eigenvalue weighted by molar-refractivity contribution is 5.95. The number of hydrogen-bond acceptors (Lipinski definition) is 3. The zero-order valence-electron chi connectivity index (χ0n) is 13.3. The summed E-state index contributed by atoms with van der Waals surface area (Å²) >= 11 is 0. The summed E-state index contributed by atoms with van der Waals surface area (Å²) in [5.41, 5.74) is 4.67. The lowest BCUT2D eigenvalue weighted by Gasteiger charge is -2.15. The van der Waals surface area contributed by atoms with Crippen molar-refractivity contribution in [3.63, 3.8) is 0 Å². The number of aromatic nitrogens is 3. The second-order valence-electron chi connectivity index (χ2n) is 5.99. The van der Waals surface area contributed by atoms with Crippen LogP contribution in [0.4, 0.5) is 0 Å². The normalized spacial score (nSPS) is 14.1. The molecule has 0 atom stereocenters. The lowest BCUT2D eigenvalue weighted by Crippen LogP contribution is -2.27. The zero-order valence-corrected chi connectivity index (χ0v) is 13.3. The summed E-state index contributed by atoms with van der Waals surface area (Å²) in [6.07, 6.45) is 7.56. The predicted octanol–water partition coefficient (Wildman–Crippen LogP) is 3.37. The number of carbonyl (C=O) groups excluding carboxylic acids is 1. The molecule has 24 heavy (non-hydrogen) atoms. The monoisotopic (exact) mass is 318 g/mol. The van der Waals surface area contributed by atoms with Crippen LogP contribution in [0.3, 0.4) is 0 Å². The first-order valence-electron chi connectivity index (χ1n) is 8.16. The van der Waals surface area contributed by atoms with Crippen LogP contribution >= 0.6 is 0 Å². The van der Waals surface area contributed by atoms with Crippen LogP contribution in [0.1, 0.15) is 23.2 Å². The molecule has 1 fully saturated rings. The third kappa shape index (κ3) is 2.80. The molecule has 0 spiro atoms. The van der Waals surface area contributed by atoms with Gasteiger partial charge in [-0.05, 0) is 30.5 Å². The van der Waals surface area contributed by atoms with Crippen molar-refractivity contribution in [3.8, 4) is 22.4 Å². The molecule has 1 N–H and O–H groups in total. The molecule has 1 amide bonds. The molecule has 1 aliphatic rings. The topological polar surface area (TPSA) is 61.9 Å². The van der Waals surface area contributed by atoms with Gasteiger partial charge in [-0.15, -0.1) is 0 Å². The van der Waals surface area contributed by atoms with E-state index in [0.29, 0.717) is 5.56 Å². The van der Waals surface area contributed by atoms with Crippen molar-refractivity contribution in [3.05, 3.63) is 60.6 Å². The lowest BCUT2D eigenvalue weighted by molar-refractivity contribution is 0.0793. The Kier molecular flexibility index (Phi) is 3.83. The van der Waals surface area contributed by atoms with Crippen molar-refractivity contribution in [1.82, 2.24) is 20.1 Å². The zero-order chi connectivity index (χ0) is 16.4. The molecule has 2 aromatic heterocycles. The summed E-state index contributed by atoms with van der Waals surface area (Å²) in [6.45, 7) is 1.71. The van der Waals surface area contributed by atoms with E-state index in [9.17, 15) is 4.79 Å². The number of amides is 1. The Morgan fingerprint density at radius 2 is 1.75 bits per heavy atom. The maximum Gasteiger partial charge on any atom is 0.253 e. The summed E-state index contributed by atoms with van der Waals surface area (Å²) in [4.78, 5) is 18.9. The predicted molar refractivity (Wildman–Crippen MR) is 92.4 cm³/mol. The molecule has 120 valence electrons. The van der Waals surface area contributed by atoms with Crippen molar-refractivity contribution in [1.29, 1.82) is 0 Å². The van der Waals surface area contributed by atoms with E-state index in [0.717, 1.165) is 48.3 Å². The summed E-state index contributed by atoms with van der Waals surface area (Å²) in [7, 11) is 0. The third-order valence-electron chi connectivity index (χ3n) is 4.41. The van der Waals surface area contributed by atoms with Crippen molar-refractivity contribution < 1.29 is 4.79 Å². The SMILES string of the molecule is O=C(c1ccnc(-c2ccc(-c3cn[nH]c3)cc2)c1)N1CCCC1. The van der Waals surface area contributed by atoms with Gasteiger partial charge in [0.05, 0.1) is 11.9 Å². The molecule has 4 rings (SSSR count). The fraction of sp³-hybridized carbons (Fsp3) is 0.211. The van der Waals surface area contributed by atoms with Gasteiger partial charge in [-0.2, -0.15) is 5.10 Å². The largest absolute Gasteiger partial charge is 0.339 e. The Morgan fingerprint density at radius 3 is 2.46 bits per heavy atom. The highest BCUT2D eigenvalue weighted by Crippen LogP contribution is 2.24. The number of nitrogens with zero attached hydrogens (tertiary/aromatic N) is 3. The van der Waals surface area contributed by atoms with Gasteiger partial charge >= 0.3 is 0 Å². The molecule has 3 heterocycles. The van der Waals surface area contributed by atoms with Crippen LogP contribution in [-0.4, -0.2) is 39.1 Å². The maximum absolute atomic E-state index is 12.5. The standard InChI is InChI=1S/C19H18N4O/c24-19(23-9-1-2-10-23)16-7-8-20-18(11-16)15-5-3-14(4-6-15)17-12-21-22-13-17/h3-8,11-13H,1-2,9-10H2,(H,21,22). The number of aromatic amines is 1. The summed E-state index contributed by atoms with van der Waals surface area (Å²) in [5.74, 6) is 0.103. The van der Waals surface area contributed by atoms with E-state index in [1.807, 2.05) is 41.4 Å². The van der Waals surface area contributed by atoms with Gasteiger partial charge in [-0.1, -0.05) is 24.3 Å². The average Bonchev–Trinajstić information content (AvgIpc) is 3.35. The number of carbonyl (C=O) groups is 1. The van der Waals surface area contributed by atoms with Gasteiger partial charge in [0.1, 0.15) is 0 Å². The smallest absolute Gasteiger partial charge is 0.253 e. The van der Waals surface area contributed by atoms with E-state index in [-0.39, 0.29) is 5.91 Å². The van der Waals surface area contributed by atoms with E-state index < -0.39 is 0 Å². The number of rotatable bonds is 3. The van der Waals surface area contributed by atoms with Crippen LogP contribution in [0.5, 0.6) is 0 Å². The van der Waals surface area contributed by atoms with E-state index >= 15 is 0 Å². The molecule has 0 bridgehead atoms. The number of nitrogens with one attached hydrogen (secondary N) is 1. The number of benzene rings is 1. The Morgan fingerprint density at radius 1 is 1.00 bits per heavy atom. The van der Waals surface area contributed by atoms with Gasteiger partial charge in [-0.25, -0.2) is 0 Å². The molecule has 1 saturated heterocycles. The van der Waals surface area contributed by atoms with Crippen LogP contribution < -0.4 is 0 Å². The maximum atomic E-state index is 12.5. The fourth-order valence-corrected chi connectivity index (χ4v) is 3.07. The molecular formula is C19H18N4O. The van der Waals surface area contributed by atoms with Crippen LogP contribution in [0.2, 0.25) is 0 Å². The molecule has 0 unspecified atom stereocenters. The molecule has 1 aliphatic heterocycles. The van der Waals surface area contributed by atoms with Crippen LogP contribution in [0, 0.1) is 0 Å². The van der Waals surface area contributed by atoms with Crippen molar-refractivity contribution in [2.24, 2.45) is 0 Å². The second-order valence-corrected chi connectivity index (χ2v) is 5.99. The molecule has 5 nitrogen and oxygen atoms in total. The summed E-state index contributed by atoms with van der Waals surface area (Å²) in [5, 5.41) is 6.79. The minimum atomic E-state index is 0.103. The van der Waals surface area contributed by atoms with Gasteiger partial charge in [0.25, 0.3) is 5.91 Å². The second kappa shape index (κ2) is 6.28. The number of hydrogen-bond donors (Lipinski definition) is 1. The van der Waals surface area contributed by atoms with Gasteiger partial charge in [-0.3, -0.25) is 14.9 Å². The number of pyridine rings is 1. The first-order valence-corrected chi connectivity index (χ1v) is 8.16. The van der Waals surface area contributed by atoms with Gasteiger partial charge < -0.3 is 4.90 Å². The highest BCUT2D eigenvalue weighted by Gasteiger charge is 2.19. The van der Waals surface area contributed by atoms with Crippen molar-refractivity contribution in [2.75, 3.05) is 13.1 Å². The summed E-state index contributed by atoms with van der Waals surface area (Å²) < 4.78 is 0. The van der Waals surface area contributed by atoms with Crippen LogP contribution in [0.25, 0.3) is 22.4 Å². The third-order valence-corrected chi connectivity index (χ3v) is 4.41. The summed E-state index contributed by atoms with van der Waals surface area (Å²) in [6, 6.07) is 11.8. The average molecular weight is 318 g/mol. The van der Waals surface area contributed by atoms with Crippen LogP contribution in [0.15, 0.2) is 55.0 Å². The Labute approximate surface area is 140 Å². The Balaban J connectivity index is 1.60. The van der Waals surface area contributed by atoms with Crippen molar-refractivity contribution in [2.45, 2.75) is 12.8 Å². The number of likely N-dealkylation sites (tertiary alicyclic amines) is 1. The lowest BCUT2D eigenvalue weighted by atomic mass is 10.0. The first kappa shape index (κ1) is 14.6. The molecule has 0 saturated carbocycles. The van der Waals surface area contributed by atoms with E-state index in [1.54, 1.807) is 18.5 Å². The van der Waals surface area contributed by atoms with E-state index in [2.05, 4.69) is 15.2 Å². The van der Waals surface area contributed by atoms with Gasteiger partial charge in [0.15, 0.2) is 0 Å². The minimum Gasteiger partial charge on any atom is -0.339 e. The fourth-order valence-electron chi connectivity index (χ4n) is 3.07. The van der Waals surface area contributed by atoms with Crippen molar-refractivity contribution >= 4 is 5.91 Å². The van der Waals surface area contributed by atoms with E-state index in [4.69, 9.17) is 0 Å². The van der Waals surface area contributed by atoms with Gasteiger partial charge in [0, 0.05) is 42.2 Å². The molecule has 0 radical (unpaired) electrons. The molecule has 5 heteroatoms. The number of H-pyrrole nitrogens is 1. The molecule has 0 aliphatic carbocycles. The van der Waals surface area contributed by atoms with E-state index in [1.165, 1.54) is 0 Å². The van der Waals surface area contributed by atoms with Crippen LogP contribution in [-0.2, 0) is 0 Å². The highest BCUT2D eigenvalue weighted by atomic mass is 16.2. The molecule has 1 aromatic carbocycles. The molecule has 3 aromatic rings. The Bertz CT molecular complexity index is 834. The van der Waals surface area contributed by atoms with Gasteiger partial charge in [0.2, 0.25) is 0 Å². The quantitative estimate of drug-likeness (QED) is 0.805. The molecular weight excluding hydrogens is 300 g/mol. The minimum absolute atomic E-state index is 0.103. The Hall–Kier alpha value is -2.95. The first-order chi connectivity index (χ1) is 11.8.